The molecule has 0 atom stereocenters. The number of carbonyl (C=O) groups excluding carboxylic acids is 1. The molecule has 0 aromatic rings. The largest absolute Gasteiger partial charge is 0.302 e. The Morgan fingerprint density at radius 1 is 1.46 bits per heavy atom. The van der Waals surface area contributed by atoms with Gasteiger partial charge >= 0.3 is 0 Å². The lowest BCUT2D eigenvalue weighted by Crippen LogP contribution is -2.38. The van der Waals surface area contributed by atoms with Crippen LogP contribution in [0, 0.1) is 0 Å². The Labute approximate surface area is 81.6 Å². The normalized spacial score (nSPS) is 11.8. The minimum atomic E-state index is 0.141. The molecule has 0 heterocycles. The highest BCUT2D eigenvalue weighted by Gasteiger charge is 2.15. The zero-order valence-corrected chi connectivity index (χ0v) is 9.26. The minimum Gasteiger partial charge on any atom is -0.302 e. The van der Waals surface area contributed by atoms with E-state index in [0.29, 0.717) is 6.42 Å². The maximum atomic E-state index is 10.9. The van der Waals surface area contributed by atoms with Gasteiger partial charge in [-0.3, -0.25) is 4.79 Å². The summed E-state index contributed by atoms with van der Waals surface area (Å²) >= 11 is 0. The van der Waals surface area contributed by atoms with Crippen LogP contribution >= 0.6 is 0 Å². The van der Waals surface area contributed by atoms with Gasteiger partial charge in [0.25, 0.3) is 0 Å². The van der Waals surface area contributed by atoms with Gasteiger partial charge in [-0.15, -0.1) is 0 Å². The molecule has 0 rings (SSSR count). The summed E-state index contributed by atoms with van der Waals surface area (Å²) in [6.45, 7) is 10.9. The van der Waals surface area contributed by atoms with E-state index in [2.05, 4.69) is 39.3 Å². The van der Waals surface area contributed by atoms with Gasteiger partial charge in [0, 0.05) is 12.0 Å². The molecule has 0 saturated carbocycles. The number of hydrogen-bond acceptors (Lipinski definition) is 2. The van der Waals surface area contributed by atoms with E-state index >= 15 is 0 Å². The number of ketones is 1. The molecule has 0 bridgehead atoms. The van der Waals surface area contributed by atoms with Gasteiger partial charge in [0.15, 0.2) is 5.78 Å². The van der Waals surface area contributed by atoms with Crippen molar-refractivity contribution in [1.29, 1.82) is 0 Å². The second kappa shape index (κ2) is 5.18. The van der Waals surface area contributed by atoms with Crippen molar-refractivity contribution >= 4 is 5.78 Å². The van der Waals surface area contributed by atoms with E-state index in [1.165, 1.54) is 6.08 Å². The van der Waals surface area contributed by atoms with E-state index in [-0.39, 0.29) is 11.3 Å². The molecule has 2 nitrogen and oxygen atoms in total. The van der Waals surface area contributed by atoms with Gasteiger partial charge in [0.05, 0.1) is 0 Å². The van der Waals surface area contributed by atoms with Crippen molar-refractivity contribution < 1.29 is 4.79 Å². The van der Waals surface area contributed by atoms with Crippen molar-refractivity contribution in [3.05, 3.63) is 12.7 Å². The third-order valence-corrected chi connectivity index (χ3v) is 2.29. The first-order valence-corrected chi connectivity index (χ1v) is 4.74. The number of nitrogens with zero attached hydrogens (tertiary/aromatic N) is 1. The van der Waals surface area contributed by atoms with E-state index in [4.69, 9.17) is 0 Å². The zero-order valence-electron chi connectivity index (χ0n) is 9.26. The molecule has 0 N–H and O–H groups in total. The first kappa shape index (κ1) is 12.4. The van der Waals surface area contributed by atoms with Crippen LogP contribution in [0.3, 0.4) is 0 Å². The van der Waals surface area contributed by atoms with Crippen LogP contribution in [0.5, 0.6) is 0 Å². The summed E-state index contributed by atoms with van der Waals surface area (Å²) in [5, 5.41) is 0. The van der Waals surface area contributed by atoms with Gasteiger partial charge < -0.3 is 4.90 Å². The second-order valence-corrected chi connectivity index (χ2v) is 4.37. The Hall–Kier alpha value is -0.630. The molecule has 76 valence electrons. The lowest BCUT2D eigenvalue weighted by molar-refractivity contribution is -0.114. The summed E-state index contributed by atoms with van der Waals surface area (Å²) in [6, 6.07) is 0. The Balaban J connectivity index is 3.65. The number of hydrogen-bond donors (Lipinski definition) is 0. The Kier molecular flexibility index (Phi) is 4.92. The van der Waals surface area contributed by atoms with Crippen LogP contribution in [-0.2, 0) is 4.79 Å². The lowest BCUT2D eigenvalue weighted by atomic mass is 10.1. The number of allylic oxidation sites excluding steroid dienone is 1. The average Bonchev–Trinajstić information content (AvgIpc) is 2.02. The van der Waals surface area contributed by atoms with Crippen LogP contribution < -0.4 is 0 Å². The fraction of sp³-hybridized carbons (Fsp3) is 0.727. The molecule has 0 saturated heterocycles. The topological polar surface area (TPSA) is 20.3 Å². The molecule has 13 heavy (non-hydrogen) atoms. The van der Waals surface area contributed by atoms with E-state index < -0.39 is 0 Å². The molecular formula is C11H21NO. The van der Waals surface area contributed by atoms with Gasteiger partial charge in [-0.2, -0.15) is 0 Å². The number of rotatable bonds is 5. The van der Waals surface area contributed by atoms with Crippen molar-refractivity contribution in [2.75, 3.05) is 13.6 Å². The third-order valence-electron chi connectivity index (χ3n) is 2.29. The highest BCUT2D eigenvalue weighted by molar-refractivity contribution is 5.88. The monoisotopic (exact) mass is 183 g/mol. The van der Waals surface area contributed by atoms with Gasteiger partial charge in [0.1, 0.15) is 0 Å². The number of carbonyl (C=O) groups is 1. The predicted molar refractivity (Wildman–Crippen MR) is 56.8 cm³/mol. The first-order chi connectivity index (χ1) is 5.88. The maximum absolute atomic E-state index is 10.9. The van der Waals surface area contributed by atoms with Crippen LogP contribution in [-0.4, -0.2) is 29.8 Å². The quantitative estimate of drug-likeness (QED) is 0.609. The predicted octanol–water partition coefficient (Wildman–Crippen LogP) is 2.25. The molecule has 0 spiro atoms. The zero-order chi connectivity index (χ0) is 10.5. The van der Waals surface area contributed by atoms with Crippen LogP contribution in [0.2, 0.25) is 0 Å². The minimum absolute atomic E-state index is 0.141. The summed E-state index contributed by atoms with van der Waals surface area (Å²) < 4.78 is 0. The van der Waals surface area contributed by atoms with Crippen LogP contribution in [0.1, 0.15) is 33.6 Å². The van der Waals surface area contributed by atoms with Crippen molar-refractivity contribution in [3.63, 3.8) is 0 Å². The first-order valence-electron chi connectivity index (χ1n) is 4.74. The molecule has 0 aromatic heterocycles. The van der Waals surface area contributed by atoms with Crippen molar-refractivity contribution in [1.82, 2.24) is 4.90 Å². The Bertz CT molecular complexity index is 179. The molecule has 0 aliphatic heterocycles. The smallest absolute Gasteiger partial charge is 0.155 e. The molecule has 0 aliphatic carbocycles. The van der Waals surface area contributed by atoms with Gasteiger partial charge in [0.2, 0.25) is 0 Å². The molecule has 0 aliphatic rings. The molecule has 0 fully saturated rings. The van der Waals surface area contributed by atoms with Gasteiger partial charge in [-0.25, -0.2) is 0 Å². The maximum Gasteiger partial charge on any atom is 0.155 e. The summed E-state index contributed by atoms with van der Waals surface area (Å²) in [4.78, 5) is 13.2. The second-order valence-electron chi connectivity index (χ2n) is 4.37. The molecule has 0 unspecified atom stereocenters. The lowest BCUT2D eigenvalue weighted by Gasteiger charge is -2.31. The average molecular weight is 183 g/mol. The van der Waals surface area contributed by atoms with Gasteiger partial charge in [-0.05, 0) is 46.9 Å². The van der Waals surface area contributed by atoms with E-state index in [1.54, 1.807) is 0 Å². The molecule has 0 radical (unpaired) electrons. The highest BCUT2D eigenvalue weighted by Crippen LogP contribution is 2.10. The highest BCUT2D eigenvalue weighted by atomic mass is 16.1. The SMILES string of the molecule is C=CC(=O)CCCN(C)C(C)(C)C. The van der Waals surface area contributed by atoms with E-state index in [0.717, 1.165) is 13.0 Å². The fourth-order valence-corrected chi connectivity index (χ4v) is 0.928. The molecule has 0 amide bonds. The van der Waals surface area contributed by atoms with Crippen LogP contribution in [0.4, 0.5) is 0 Å². The summed E-state index contributed by atoms with van der Waals surface area (Å²) in [7, 11) is 2.08. The molecular weight excluding hydrogens is 162 g/mol. The summed E-state index contributed by atoms with van der Waals surface area (Å²) in [5.41, 5.74) is 0.192. The summed E-state index contributed by atoms with van der Waals surface area (Å²) in [6.07, 6.45) is 2.93. The van der Waals surface area contributed by atoms with Crippen LogP contribution in [0.15, 0.2) is 12.7 Å². The fourth-order valence-electron chi connectivity index (χ4n) is 0.928. The Morgan fingerprint density at radius 2 is 2.00 bits per heavy atom. The van der Waals surface area contributed by atoms with Gasteiger partial charge in [-0.1, -0.05) is 6.58 Å². The Morgan fingerprint density at radius 3 is 2.38 bits per heavy atom. The van der Waals surface area contributed by atoms with Crippen LogP contribution in [0.25, 0.3) is 0 Å². The molecule has 0 aromatic carbocycles. The summed E-state index contributed by atoms with van der Waals surface area (Å²) in [5.74, 6) is 0.141. The van der Waals surface area contributed by atoms with E-state index in [9.17, 15) is 4.79 Å². The molecule has 2 heteroatoms. The standard InChI is InChI=1S/C11H21NO/c1-6-10(13)8-7-9-12(5)11(2,3)4/h6H,1,7-9H2,2-5H3. The van der Waals surface area contributed by atoms with Crippen molar-refractivity contribution in [3.8, 4) is 0 Å². The van der Waals surface area contributed by atoms with Crippen molar-refractivity contribution in [2.24, 2.45) is 0 Å². The van der Waals surface area contributed by atoms with E-state index in [1.807, 2.05) is 0 Å². The third kappa shape index (κ3) is 5.58. The van der Waals surface area contributed by atoms with Crippen molar-refractivity contribution in [2.45, 2.75) is 39.2 Å².